The Morgan fingerprint density at radius 3 is 2.53 bits per heavy atom. The van der Waals surface area contributed by atoms with E-state index in [9.17, 15) is 17.6 Å². The van der Waals surface area contributed by atoms with Crippen LogP contribution in [-0.2, 0) is 9.84 Å². The first-order chi connectivity index (χ1) is 8.54. The van der Waals surface area contributed by atoms with E-state index in [2.05, 4.69) is 21.2 Å². The Balaban J connectivity index is 2.85. The van der Waals surface area contributed by atoms with Crippen LogP contribution in [0.1, 0.15) is 24.2 Å². The largest absolute Gasteiger partial charge is 0.350 e. The van der Waals surface area contributed by atoms with E-state index in [1.165, 1.54) is 26.0 Å². The van der Waals surface area contributed by atoms with Crippen molar-refractivity contribution in [1.82, 2.24) is 5.32 Å². The minimum Gasteiger partial charge on any atom is -0.350 e. The average Bonchev–Trinajstić information content (AvgIpc) is 2.28. The highest BCUT2D eigenvalue weighted by Crippen LogP contribution is 2.18. The fraction of sp³-hybridized carbons (Fsp3) is 0.417. The third-order valence-corrected chi connectivity index (χ3v) is 5.69. The Morgan fingerprint density at radius 2 is 2.00 bits per heavy atom. The molecule has 0 radical (unpaired) electrons. The summed E-state index contributed by atoms with van der Waals surface area (Å²) in [5, 5.41) is 2.50. The van der Waals surface area contributed by atoms with Crippen molar-refractivity contribution in [3.8, 4) is 0 Å². The lowest BCUT2D eigenvalue weighted by molar-refractivity contribution is 0.0949. The molecule has 19 heavy (non-hydrogen) atoms. The van der Waals surface area contributed by atoms with Crippen molar-refractivity contribution in [3.63, 3.8) is 0 Å². The molecule has 1 N–H and O–H groups in total. The molecule has 0 atom stereocenters. The summed E-state index contributed by atoms with van der Waals surface area (Å²) >= 11 is 3.15. The number of sulfone groups is 1. The molecule has 1 rings (SSSR count). The molecule has 1 aromatic rings. The van der Waals surface area contributed by atoms with Gasteiger partial charge in [-0.2, -0.15) is 0 Å². The third-order valence-electron chi connectivity index (χ3n) is 2.85. The van der Waals surface area contributed by atoms with Crippen LogP contribution >= 0.6 is 15.9 Å². The van der Waals surface area contributed by atoms with Gasteiger partial charge in [0.1, 0.15) is 5.82 Å². The summed E-state index contributed by atoms with van der Waals surface area (Å²) < 4.78 is 35.4. The molecule has 0 aliphatic rings. The maximum absolute atomic E-state index is 13.1. The van der Waals surface area contributed by atoms with Crippen LogP contribution < -0.4 is 5.32 Å². The molecule has 7 heteroatoms. The summed E-state index contributed by atoms with van der Waals surface area (Å²) in [6.07, 6.45) is 1.11. The molecule has 0 bridgehead atoms. The summed E-state index contributed by atoms with van der Waals surface area (Å²) in [6, 6.07) is 3.74. The van der Waals surface area contributed by atoms with E-state index in [1.807, 2.05) is 0 Å². The normalized spacial score (nSPS) is 12.3. The first-order valence-corrected chi connectivity index (χ1v) is 8.16. The van der Waals surface area contributed by atoms with Gasteiger partial charge in [0.05, 0.1) is 10.3 Å². The number of carbonyl (C=O) groups excluding carboxylic acids is 1. The predicted molar refractivity (Wildman–Crippen MR) is 75.4 cm³/mol. The molecule has 0 spiro atoms. The molecule has 1 aromatic carbocycles. The van der Waals surface area contributed by atoms with Crippen LogP contribution in [-0.4, -0.2) is 31.9 Å². The van der Waals surface area contributed by atoms with Gasteiger partial charge in [0.15, 0.2) is 9.84 Å². The Bertz CT molecular complexity index is 599. The SMILES string of the molecule is CC(C)(CNC(=O)c1cc(F)ccc1Br)S(C)(=O)=O. The van der Waals surface area contributed by atoms with Crippen molar-refractivity contribution in [2.75, 3.05) is 12.8 Å². The fourth-order valence-corrected chi connectivity index (χ4v) is 1.95. The second-order valence-corrected chi connectivity index (χ2v) is 8.34. The number of amides is 1. The van der Waals surface area contributed by atoms with Gasteiger partial charge in [0, 0.05) is 17.3 Å². The van der Waals surface area contributed by atoms with Gasteiger partial charge in [-0.1, -0.05) is 0 Å². The number of hydrogen-bond donors (Lipinski definition) is 1. The minimum atomic E-state index is -3.30. The quantitative estimate of drug-likeness (QED) is 0.903. The van der Waals surface area contributed by atoms with Crippen LogP contribution in [0.25, 0.3) is 0 Å². The van der Waals surface area contributed by atoms with Gasteiger partial charge < -0.3 is 5.32 Å². The molecule has 0 saturated carbocycles. The molecule has 0 unspecified atom stereocenters. The lowest BCUT2D eigenvalue weighted by atomic mass is 10.1. The number of rotatable bonds is 4. The van der Waals surface area contributed by atoms with Gasteiger partial charge in [-0.3, -0.25) is 4.79 Å². The maximum atomic E-state index is 13.1. The lowest BCUT2D eigenvalue weighted by Gasteiger charge is -2.22. The van der Waals surface area contributed by atoms with Crippen LogP contribution in [0.4, 0.5) is 4.39 Å². The molecule has 0 aliphatic heterocycles. The Labute approximate surface area is 120 Å². The summed E-state index contributed by atoms with van der Waals surface area (Å²) in [5.74, 6) is -1.06. The number of benzene rings is 1. The topological polar surface area (TPSA) is 63.2 Å². The summed E-state index contributed by atoms with van der Waals surface area (Å²) in [6.45, 7) is 2.99. The molecule has 0 saturated heterocycles. The zero-order valence-corrected chi connectivity index (χ0v) is 13.2. The molecule has 0 fully saturated rings. The van der Waals surface area contributed by atoms with Gasteiger partial charge in [0.25, 0.3) is 5.91 Å². The molecule has 1 amide bonds. The van der Waals surface area contributed by atoms with Gasteiger partial charge in [-0.05, 0) is 48.0 Å². The molecular formula is C12H15BrFNO3S. The standard InChI is InChI=1S/C12H15BrFNO3S/c1-12(2,19(3,17)18)7-15-11(16)9-6-8(14)4-5-10(9)13/h4-6H,7H2,1-3H3,(H,15,16). The fourth-order valence-electron chi connectivity index (χ4n) is 1.19. The van der Waals surface area contributed by atoms with E-state index in [0.717, 1.165) is 12.3 Å². The van der Waals surface area contributed by atoms with Crippen molar-refractivity contribution >= 4 is 31.7 Å². The van der Waals surface area contributed by atoms with Crippen molar-refractivity contribution < 1.29 is 17.6 Å². The van der Waals surface area contributed by atoms with Gasteiger partial charge in [-0.25, -0.2) is 12.8 Å². The third kappa shape index (κ3) is 4.01. The Kier molecular flexibility index (Phi) is 4.73. The highest BCUT2D eigenvalue weighted by Gasteiger charge is 2.30. The Hall–Kier alpha value is -0.950. The number of halogens is 2. The van der Waals surface area contributed by atoms with Crippen molar-refractivity contribution in [2.45, 2.75) is 18.6 Å². The van der Waals surface area contributed by atoms with E-state index in [0.29, 0.717) is 4.47 Å². The van der Waals surface area contributed by atoms with Crippen LogP contribution in [0.3, 0.4) is 0 Å². The average molecular weight is 352 g/mol. The monoisotopic (exact) mass is 351 g/mol. The lowest BCUT2D eigenvalue weighted by Crippen LogP contribution is -2.43. The molecule has 0 aliphatic carbocycles. The summed E-state index contributed by atoms with van der Waals surface area (Å²) in [7, 11) is -3.30. The second-order valence-electron chi connectivity index (χ2n) is 4.84. The number of nitrogens with one attached hydrogen (secondary N) is 1. The van der Waals surface area contributed by atoms with Crippen LogP contribution in [0.5, 0.6) is 0 Å². The zero-order chi connectivity index (χ0) is 14.8. The number of carbonyl (C=O) groups is 1. The first-order valence-electron chi connectivity index (χ1n) is 5.47. The van der Waals surface area contributed by atoms with Gasteiger partial charge in [-0.15, -0.1) is 0 Å². The van der Waals surface area contributed by atoms with E-state index < -0.39 is 26.3 Å². The molecular weight excluding hydrogens is 337 g/mol. The van der Waals surface area contributed by atoms with E-state index in [1.54, 1.807) is 0 Å². The van der Waals surface area contributed by atoms with E-state index in [-0.39, 0.29) is 12.1 Å². The van der Waals surface area contributed by atoms with Gasteiger partial charge >= 0.3 is 0 Å². The summed E-state index contributed by atoms with van der Waals surface area (Å²) in [5.41, 5.74) is 0.129. The highest BCUT2D eigenvalue weighted by molar-refractivity contribution is 9.10. The first kappa shape index (κ1) is 16.1. The molecule has 0 heterocycles. The minimum absolute atomic E-state index is 0.0480. The molecule has 4 nitrogen and oxygen atoms in total. The van der Waals surface area contributed by atoms with Crippen molar-refractivity contribution in [3.05, 3.63) is 34.1 Å². The maximum Gasteiger partial charge on any atom is 0.252 e. The number of hydrogen-bond acceptors (Lipinski definition) is 3. The van der Waals surface area contributed by atoms with E-state index >= 15 is 0 Å². The predicted octanol–water partition coefficient (Wildman–Crippen LogP) is 2.14. The van der Waals surface area contributed by atoms with Gasteiger partial charge in [0.2, 0.25) is 0 Å². The van der Waals surface area contributed by atoms with E-state index in [4.69, 9.17) is 0 Å². The molecule has 106 valence electrons. The van der Waals surface area contributed by atoms with Crippen LogP contribution in [0, 0.1) is 5.82 Å². The van der Waals surface area contributed by atoms with Crippen molar-refractivity contribution in [1.29, 1.82) is 0 Å². The Morgan fingerprint density at radius 1 is 1.42 bits per heavy atom. The highest BCUT2D eigenvalue weighted by atomic mass is 79.9. The van der Waals surface area contributed by atoms with Crippen LogP contribution in [0.2, 0.25) is 0 Å². The zero-order valence-electron chi connectivity index (χ0n) is 10.8. The van der Waals surface area contributed by atoms with Crippen LogP contribution in [0.15, 0.2) is 22.7 Å². The molecule has 0 aromatic heterocycles. The van der Waals surface area contributed by atoms with Crippen molar-refractivity contribution in [2.24, 2.45) is 0 Å². The summed E-state index contributed by atoms with van der Waals surface area (Å²) in [4.78, 5) is 11.9. The smallest absolute Gasteiger partial charge is 0.252 e. The second kappa shape index (κ2) is 5.58.